The monoisotopic (exact) mass is 391 g/mol. The number of amides is 1. The number of nitrogens with one attached hydrogen (secondary N) is 1. The molecular weight excluding hydrogens is 378 g/mol. The Morgan fingerprint density at radius 3 is 2.75 bits per heavy atom. The van der Waals surface area contributed by atoms with E-state index in [0.717, 1.165) is 14.7 Å². The van der Waals surface area contributed by atoms with Crippen molar-refractivity contribution >= 4 is 21.8 Å². The zero-order valence-corrected chi connectivity index (χ0v) is 14.3. The summed E-state index contributed by atoms with van der Waals surface area (Å²) in [6, 6.07) is 10.7. The van der Waals surface area contributed by atoms with Crippen molar-refractivity contribution in [3.05, 3.63) is 63.2 Å². The summed E-state index contributed by atoms with van der Waals surface area (Å²) in [5, 5.41) is 6.78. The number of carbonyl (C=O) groups excluding carboxylic acids is 1. The fraction of sp³-hybridized carbons (Fsp3) is 0.188. The Hall–Kier alpha value is -2.61. The number of aromatic nitrogens is 2. The van der Waals surface area contributed by atoms with Gasteiger partial charge < -0.3 is 14.2 Å². The zero-order valence-electron chi connectivity index (χ0n) is 12.7. The number of hydrogen-bond acceptors (Lipinski definition) is 5. The molecular formula is C16H14BrN3O4. The molecule has 0 bridgehead atoms. The first-order valence-corrected chi connectivity index (χ1v) is 7.99. The molecule has 0 spiro atoms. The van der Waals surface area contributed by atoms with Gasteiger partial charge in [0.05, 0.1) is 12.3 Å². The van der Waals surface area contributed by atoms with E-state index in [4.69, 9.17) is 8.83 Å². The van der Waals surface area contributed by atoms with Crippen LogP contribution in [0, 0.1) is 0 Å². The van der Waals surface area contributed by atoms with Crippen LogP contribution in [0.5, 0.6) is 0 Å². The molecule has 0 aliphatic carbocycles. The van der Waals surface area contributed by atoms with Gasteiger partial charge in [-0.2, -0.15) is 4.68 Å². The molecule has 0 saturated heterocycles. The number of hydrogen-bond donors (Lipinski definition) is 1. The molecule has 7 nitrogen and oxygen atoms in total. The van der Waals surface area contributed by atoms with Crippen LogP contribution in [0.3, 0.4) is 0 Å². The van der Waals surface area contributed by atoms with Gasteiger partial charge in [-0.25, -0.2) is 4.79 Å². The zero-order chi connectivity index (χ0) is 17.1. The van der Waals surface area contributed by atoms with Crippen LogP contribution in [-0.4, -0.2) is 15.7 Å². The quantitative estimate of drug-likeness (QED) is 0.721. The minimum absolute atomic E-state index is 0.0405. The van der Waals surface area contributed by atoms with Crippen LogP contribution in [0.4, 0.5) is 0 Å². The molecule has 1 aromatic carbocycles. The Balaban J connectivity index is 1.67. The number of benzene rings is 1. The molecule has 2 aromatic heterocycles. The highest BCUT2D eigenvalue weighted by Crippen LogP contribution is 2.17. The molecule has 3 aromatic rings. The molecule has 1 atom stereocenters. The first-order chi connectivity index (χ1) is 11.5. The van der Waals surface area contributed by atoms with Crippen molar-refractivity contribution in [3.8, 4) is 11.7 Å². The predicted octanol–water partition coefficient (Wildman–Crippen LogP) is 2.74. The van der Waals surface area contributed by atoms with Crippen LogP contribution in [0.25, 0.3) is 11.7 Å². The normalized spacial score (nSPS) is 12.1. The summed E-state index contributed by atoms with van der Waals surface area (Å²) in [6.45, 7) is 1.63. The van der Waals surface area contributed by atoms with Crippen molar-refractivity contribution in [1.29, 1.82) is 0 Å². The standard InChI is InChI=1S/C16H14BrN3O4/c1-10(11-4-6-12(17)7-5-11)18-14(21)9-20-16(22)24-15(19-20)13-3-2-8-23-13/h2-8,10H,9H2,1H3,(H,18,21). The molecule has 8 heteroatoms. The van der Waals surface area contributed by atoms with Crippen LogP contribution >= 0.6 is 15.9 Å². The molecule has 24 heavy (non-hydrogen) atoms. The van der Waals surface area contributed by atoms with Gasteiger partial charge in [-0.1, -0.05) is 28.1 Å². The Morgan fingerprint density at radius 2 is 2.08 bits per heavy atom. The van der Waals surface area contributed by atoms with E-state index in [9.17, 15) is 9.59 Å². The molecule has 124 valence electrons. The number of furan rings is 1. The molecule has 3 rings (SSSR count). The second kappa shape index (κ2) is 6.88. The van der Waals surface area contributed by atoms with Gasteiger partial charge in [0.1, 0.15) is 6.54 Å². The van der Waals surface area contributed by atoms with Crippen LogP contribution in [0.15, 0.2) is 60.8 Å². The van der Waals surface area contributed by atoms with Crippen molar-refractivity contribution in [2.45, 2.75) is 19.5 Å². The van der Waals surface area contributed by atoms with Crippen molar-refractivity contribution in [2.75, 3.05) is 0 Å². The van der Waals surface area contributed by atoms with E-state index in [1.807, 2.05) is 31.2 Å². The summed E-state index contributed by atoms with van der Waals surface area (Å²) in [6.07, 6.45) is 1.45. The fourth-order valence-electron chi connectivity index (χ4n) is 2.16. The Morgan fingerprint density at radius 1 is 1.33 bits per heavy atom. The maximum Gasteiger partial charge on any atom is 0.437 e. The molecule has 0 aliphatic heterocycles. The van der Waals surface area contributed by atoms with E-state index in [1.165, 1.54) is 6.26 Å². The lowest BCUT2D eigenvalue weighted by molar-refractivity contribution is -0.122. The maximum atomic E-state index is 12.1. The Labute approximate surface area is 145 Å². The van der Waals surface area contributed by atoms with Crippen LogP contribution in [0.2, 0.25) is 0 Å². The molecule has 0 radical (unpaired) electrons. The number of nitrogens with zero attached hydrogens (tertiary/aromatic N) is 2. The van der Waals surface area contributed by atoms with Gasteiger partial charge in [0.25, 0.3) is 5.89 Å². The van der Waals surface area contributed by atoms with Crippen molar-refractivity contribution in [3.63, 3.8) is 0 Å². The van der Waals surface area contributed by atoms with Gasteiger partial charge in [0.15, 0.2) is 5.76 Å². The highest BCUT2D eigenvalue weighted by Gasteiger charge is 2.16. The topological polar surface area (TPSA) is 90.3 Å². The van der Waals surface area contributed by atoms with Crippen molar-refractivity contribution in [1.82, 2.24) is 15.1 Å². The molecule has 2 heterocycles. The van der Waals surface area contributed by atoms with Crippen LogP contribution in [-0.2, 0) is 11.3 Å². The lowest BCUT2D eigenvalue weighted by atomic mass is 10.1. The first kappa shape index (κ1) is 16.3. The number of halogens is 1. The molecule has 1 unspecified atom stereocenters. The Bertz CT molecular complexity index is 881. The molecule has 1 amide bonds. The fourth-order valence-corrected chi connectivity index (χ4v) is 2.43. The summed E-state index contributed by atoms with van der Waals surface area (Å²) >= 11 is 3.36. The third kappa shape index (κ3) is 3.65. The van der Waals surface area contributed by atoms with Crippen LogP contribution < -0.4 is 11.1 Å². The third-order valence-corrected chi connectivity index (χ3v) is 3.91. The largest absolute Gasteiger partial charge is 0.459 e. The second-order valence-electron chi connectivity index (χ2n) is 5.15. The predicted molar refractivity (Wildman–Crippen MR) is 89.2 cm³/mol. The molecule has 1 N–H and O–H groups in total. The lowest BCUT2D eigenvalue weighted by Gasteiger charge is -2.14. The van der Waals surface area contributed by atoms with Crippen molar-refractivity contribution < 1.29 is 13.6 Å². The molecule has 0 saturated carbocycles. The molecule has 0 aliphatic rings. The summed E-state index contributed by atoms with van der Waals surface area (Å²) in [4.78, 5) is 23.9. The van der Waals surface area contributed by atoms with E-state index >= 15 is 0 Å². The van der Waals surface area contributed by atoms with Gasteiger partial charge >= 0.3 is 5.76 Å². The summed E-state index contributed by atoms with van der Waals surface area (Å²) < 4.78 is 12.0. The first-order valence-electron chi connectivity index (χ1n) is 7.19. The van der Waals surface area contributed by atoms with E-state index < -0.39 is 5.76 Å². The van der Waals surface area contributed by atoms with Gasteiger partial charge in [-0.15, -0.1) is 5.10 Å². The van der Waals surface area contributed by atoms with E-state index in [0.29, 0.717) is 5.76 Å². The van der Waals surface area contributed by atoms with Gasteiger partial charge in [0, 0.05) is 4.47 Å². The van der Waals surface area contributed by atoms with E-state index in [1.54, 1.807) is 12.1 Å². The van der Waals surface area contributed by atoms with Gasteiger partial charge in [-0.05, 0) is 36.8 Å². The summed E-state index contributed by atoms with van der Waals surface area (Å²) in [7, 11) is 0. The van der Waals surface area contributed by atoms with Crippen LogP contribution in [0.1, 0.15) is 18.5 Å². The maximum absolute atomic E-state index is 12.1. The van der Waals surface area contributed by atoms with Gasteiger partial charge in [-0.3, -0.25) is 4.79 Å². The average molecular weight is 392 g/mol. The second-order valence-corrected chi connectivity index (χ2v) is 6.06. The minimum Gasteiger partial charge on any atom is -0.459 e. The van der Waals surface area contributed by atoms with E-state index in [2.05, 4.69) is 26.3 Å². The highest BCUT2D eigenvalue weighted by molar-refractivity contribution is 9.10. The number of rotatable bonds is 5. The minimum atomic E-state index is -0.715. The lowest BCUT2D eigenvalue weighted by Crippen LogP contribution is -2.33. The Kier molecular flexibility index (Phi) is 4.66. The number of carbonyl (C=O) groups is 1. The highest BCUT2D eigenvalue weighted by atomic mass is 79.9. The van der Waals surface area contributed by atoms with Gasteiger partial charge in [0.2, 0.25) is 5.91 Å². The molecule has 0 fully saturated rings. The average Bonchev–Trinajstić information content (AvgIpc) is 3.18. The van der Waals surface area contributed by atoms with Crippen molar-refractivity contribution in [2.24, 2.45) is 0 Å². The summed E-state index contributed by atoms with van der Waals surface area (Å²) in [5.41, 5.74) is 0.954. The SMILES string of the molecule is CC(NC(=O)Cn1nc(-c2ccco2)oc1=O)c1ccc(Br)cc1. The third-order valence-electron chi connectivity index (χ3n) is 3.38. The van der Waals surface area contributed by atoms with E-state index in [-0.39, 0.29) is 24.4 Å². The summed E-state index contributed by atoms with van der Waals surface area (Å²) in [5.74, 6) is -0.687. The smallest absolute Gasteiger partial charge is 0.437 e.